The smallest absolute Gasteiger partial charge is 0.310 e. The van der Waals surface area contributed by atoms with E-state index in [9.17, 15) is 9.59 Å². The molecule has 1 aliphatic heterocycles. The van der Waals surface area contributed by atoms with Crippen LogP contribution in [0.1, 0.15) is 32.9 Å². The summed E-state index contributed by atoms with van der Waals surface area (Å²) in [4.78, 5) is 25.3. The maximum atomic E-state index is 12.9. The maximum Gasteiger partial charge on any atom is 0.310 e. The molecule has 3 aromatic carbocycles. The molecule has 182 valence electrons. The zero-order chi connectivity index (χ0) is 25.1. The maximum absolute atomic E-state index is 12.9. The summed E-state index contributed by atoms with van der Waals surface area (Å²) in [7, 11) is 0. The molecule has 0 fully saturated rings. The number of ether oxygens (including phenoxy) is 3. The van der Waals surface area contributed by atoms with Gasteiger partial charge in [-0.1, -0.05) is 60.7 Å². The van der Waals surface area contributed by atoms with E-state index in [-0.39, 0.29) is 25.6 Å². The Morgan fingerprint density at radius 2 is 1.53 bits per heavy atom. The number of aryl methyl sites for hydroxylation is 1. The third kappa shape index (κ3) is 5.03. The van der Waals surface area contributed by atoms with Crippen molar-refractivity contribution >= 4 is 11.8 Å². The molecule has 2 heterocycles. The molecular weight excluding hydrogens is 454 g/mol. The SMILES string of the molecule is Cc1cc(C(=O)COC(=O)Cc2ccc(-c3ccccc3)cc2)c(C)n1Cc1ccc2c(c1)OCO2. The summed E-state index contributed by atoms with van der Waals surface area (Å²) in [5.41, 5.74) is 6.44. The number of Topliss-reactive ketones (excluding diaryl/α,β-unsaturated/α-hetero) is 1. The van der Waals surface area contributed by atoms with Crippen molar-refractivity contribution in [3.8, 4) is 22.6 Å². The van der Waals surface area contributed by atoms with Crippen LogP contribution in [0.25, 0.3) is 11.1 Å². The summed E-state index contributed by atoms with van der Waals surface area (Å²) in [5.74, 6) is 0.829. The van der Waals surface area contributed by atoms with Gasteiger partial charge in [-0.3, -0.25) is 9.59 Å². The molecule has 0 spiro atoms. The van der Waals surface area contributed by atoms with Crippen LogP contribution in [0.4, 0.5) is 0 Å². The lowest BCUT2D eigenvalue weighted by molar-refractivity contribution is -0.141. The molecule has 0 N–H and O–H groups in total. The quantitative estimate of drug-likeness (QED) is 0.245. The molecule has 0 saturated carbocycles. The molecule has 0 amide bonds. The zero-order valence-corrected chi connectivity index (χ0v) is 20.3. The first-order valence-corrected chi connectivity index (χ1v) is 11.9. The van der Waals surface area contributed by atoms with Crippen molar-refractivity contribution in [2.45, 2.75) is 26.8 Å². The first-order valence-electron chi connectivity index (χ1n) is 11.9. The highest BCUT2D eigenvalue weighted by Gasteiger charge is 2.19. The van der Waals surface area contributed by atoms with Crippen LogP contribution in [-0.2, 0) is 22.5 Å². The molecule has 6 heteroatoms. The fourth-order valence-corrected chi connectivity index (χ4v) is 4.44. The van der Waals surface area contributed by atoms with Crippen LogP contribution >= 0.6 is 0 Å². The molecule has 0 bridgehead atoms. The second-order valence-electron chi connectivity index (χ2n) is 8.88. The number of nitrogens with zero attached hydrogens (tertiary/aromatic N) is 1. The summed E-state index contributed by atoms with van der Waals surface area (Å²) in [6.07, 6.45) is 0.117. The van der Waals surface area contributed by atoms with E-state index in [0.29, 0.717) is 12.1 Å². The number of esters is 1. The van der Waals surface area contributed by atoms with Crippen molar-refractivity contribution in [1.29, 1.82) is 0 Å². The highest BCUT2D eigenvalue weighted by atomic mass is 16.7. The Balaban J connectivity index is 1.18. The van der Waals surface area contributed by atoms with Crippen LogP contribution in [0.15, 0.2) is 78.9 Å². The van der Waals surface area contributed by atoms with Crippen LogP contribution < -0.4 is 9.47 Å². The number of carbonyl (C=O) groups is 2. The summed E-state index contributed by atoms with van der Waals surface area (Å²) in [6, 6.07) is 25.5. The topological polar surface area (TPSA) is 66.8 Å². The van der Waals surface area contributed by atoms with E-state index in [2.05, 4.69) is 4.57 Å². The first-order chi connectivity index (χ1) is 17.5. The Morgan fingerprint density at radius 3 is 2.31 bits per heavy atom. The lowest BCUT2D eigenvalue weighted by atomic mass is 10.0. The van der Waals surface area contributed by atoms with Crippen molar-refractivity contribution in [1.82, 2.24) is 4.57 Å². The average Bonchev–Trinajstić information content (AvgIpc) is 3.48. The third-order valence-electron chi connectivity index (χ3n) is 6.43. The van der Waals surface area contributed by atoms with Gasteiger partial charge < -0.3 is 18.8 Å². The van der Waals surface area contributed by atoms with Crippen LogP contribution in [0.2, 0.25) is 0 Å². The molecule has 5 rings (SSSR count). The zero-order valence-electron chi connectivity index (χ0n) is 20.3. The van der Waals surface area contributed by atoms with Gasteiger partial charge in [0.15, 0.2) is 18.1 Å². The number of rotatable bonds is 8. The standard InChI is InChI=1S/C30H27NO5/c1-20-14-26(21(2)31(20)17-23-10-13-28-29(15-23)36-19-35-28)27(32)18-34-30(33)16-22-8-11-25(12-9-22)24-6-4-3-5-7-24/h3-15H,16-19H2,1-2H3. The molecule has 0 atom stereocenters. The van der Waals surface area contributed by atoms with Gasteiger partial charge in [-0.05, 0) is 54.3 Å². The number of hydrogen-bond donors (Lipinski definition) is 0. The number of benzene rings is 3. The largest absolute Gasteiger partial charge is 0.457 e. The molecule has 36 heavy (non-hydrogen) atoms. The van der Waals surface area contributed by atoms with Gasteiger partial charge in [-0.2, -0.15) is 0 Å². The Morgan fingerprint density at radius 1 is 0.833 bits per heavy atom. The minimum Gasteiger partial charge on any atom is -0.457 e. The van der Waals surface area contributed by atoms with Crippen LogP contribution in [0.3, 0.4) is 0 Å². The lowest BCUT2D eigenvalue weighted by Gasteiger charge is -2.11. The monoisotopic (exact) mass is 481 g/mol. The van der Waals surface area contributed by atoms with Crippen molar-refractivity contribution in [3.05, 3.63) is 107 Å². The summed E-state index contributed by atoms with van der Waals surface area (Å²) >= 11 is 0. The minimum absolute atomic E-state index is 0.117. The van der Waals surface area contributed by atoms with Crippen molar-refractivity contribution < 1.29 is 23.8 Å². The molecule has 0 radical (unpaired) electrons. The van der Waals surface area contributed by atoms with Gasteiger partial charge in [-0.15, -0.1) is 0 Å². The normalized spacial score (nSPS) is 11.9. The number of carbonyl (C=O) groups excluding carboxylic acids is 2. The van der Waals surface area contributed by atoms with Gasteiger partial charge in [0, 0.05) is 23.5 Å². The van der Waals surface area contributed by atoms with Gasteiger partial charge in [0.25, 0.3) is 0 Å². The van der Waals surface area contributed by atoms with Crippen LogP contribution in [0.5, 0.6) is 11.5 Å². The second kappa shape index (κ2) is 10.1. The molecule has 0 saturated heterocycles. The number of aromatic nitrogens is 1. The first kappa shape index (κ1) is 23.4. The molecule has 1 aromatic heterocycles. The van der Waals surface area contributed by atoms with E-state index in [0.717, 1.165) is 45.1 Å². The Labute approximate surface area is 210 Å². The van der Waals surface area contributed by atoms with E-state index < -0.39 is 5.97 Å². The third-order valence-corrected chi connectivity index (χ3v) is 6.43. The van der Waals surface area contributed by atoms with Gasteiger partial charge in [-0.25, -0.2) is 0 Å². The number of fused-ring (bicyclic) bond motifs is 1. The van der Waals surface area contributed by atoms with Crippen molar-refractivity contribution in [2.24, 2.45) is 0 Å². The van der Waals surface area contributed by atoms with Crippen LogP contribution in [0, 0.1) is 13.8 Å². The van der Waals surface area contributed by atoms with Gasteiger partial charge in [0.05, 0.1) is 6.42 Å². The number of hydrogen-bond acceptors (Lipinski definition) is 5. The Bertz CT molecular complexity index is 1400. The molecule has 0 unspecified atom stereocenters. The second-order valence-corrected chi connectivity index (χ2v) is 8.88. The predicted molar refractivity (Wildman–Crippen MR) is 136 cm³/mol. The number of ketones is 1. The lowest BCUT2D eigenvalue weighted by Crippen LogP contribution is -2.16. The van der Waals surface area contributed by atoms with E-state index in [1.54, 1.807) is 0 Å². The Kier molecular flexibility index (Phi) is 6.58. The van der Waals surface area contributed by atoms with Gasteiger partial charge in [0.2, 0.25) is 12.6 Å². The molecule has 1 aliphatic rings. The fourth-order valence-electron chi connectivity index (χ4n) is 4.44. The molecule has 6 nitrogen and oxygen atoms in total. The highest BCUT2D eigenvalue weighted by molar-refractivity contribution is 5.99. The minimum atomic E-state index is -0.426. The Hall–Kier alpha value is -4.32. The summed E-state index contributed by atoms with van der Waals surface area (Å²) in [5, 5.41) is 0. The van der Waals surface area contributed by atoms with E-state index >= 15 is 0 Å². The van der Waals surface area contributed by atoms with Gasteiger partial charge in [0.1, 0.15) is 0 Å². The van der Waals surface area contributed by atoms with E-state index in [1.165, 1.54) is 0 Å². The van der Waals surface area contributed by atoms with E-state index in [1.807, 2.05) is 92.7 Å². The average molecular weight is 482 g/mol. The molecule has 0 aliphatic carbocycles. The fraction of sp³-hybridized carbons (Fsp3) is 0.200. The molecule has 4 aromatic rings. The summed E-state index contributed by atoms with van der Waals surface area (Å²) in [6.45, 7) is 4.41. The van der Waals surface area contributed by atoms with Crippen molar-refractivity contribution in [3.63, 3.8) is 0 Å². The van der Waals surface area contributed by atoms with Crippen LogP contribution in [-0.4, -0.2) is 29.7 Å². The predicted octanol–water partition coefficient (Wildman–Crippen LogP) is 5.52. The van der Waals surface area contributed by atoms with Gasteiger partial charge >= 0.3 is 5.97 Å². The van der Waals surface area contributed by atoms with Crippen molar-refractivity contribution in [2.75, 3.05) is 13.4 Å². The van der Waals surface area contributed by atoms with E-state index in [4.69, 9.17) is 14.2 Å². The summed E-state index contributed by atoms with van der Waals surface area (Å²) < 4.78 is 18.2. The highest BCUT2D eigenvalue weighted by Crippen LogP contribution is 2.33. The molecular formula is C30H27NO5.